The number of aryl methyl sites for hydroxylation is 1. The van der Waals surface area contributed by atoms with Gasteiger partial charge in [-0.25, -0.2) is 4.39 Å². The van der Waals surface area contributed by atoms with Crippen LogP contribution in [-0.2, 0) is 11.2 Å². The summed E-state index contributed by atoms with van der Waals surface area (Å²) in [6.07, 6.45) is 2.39. The molecule has 2 heterocycles. The highest BCUT2D eigenvalue weighted by Gasteiger charge is 2.29. The van der Waals surface area contributed by atoms with Crippen molar-refractivity contribution in [1.82, 2.24) is 15.1 Å². The van der Waals surface area contributed by atoms with E-state index < -0.39 is 0 Å². The lowest BCUT2D eigenvalue weighted by molar-refractivity contribution is -0.132. The molecule has 1 atom stereocenters. The van der Waals surface area contributed by atoms with Crippen LogP contribution in [0.25, 0.3) is 0 Å². The molecule has 0 N–H and O–H groups in total. The molecule has 142 valence electrons. The lowest BCUT2D eigenvalue weighted by Gasteiger charge is -2.40. The Bertz CT molecular complexity index is 835. The van der Waals surface area contributed by atoms with Gasteiger partial charge < -0.3 is 9.80 Å². The minimum Gasteiger partial charge on any atom is -0.351 e. The molecule has 0 bridgehead atoms. The smallest absolute Gasteiger partial charge is 0.227 e. The Balaban J connectivity index is 1.38. The zero-order chi connectivity index (χ0) is 19.0. The molecule has 1 aromatic heterocycles. The van der Waals surface area contributed by atoms with Gasteiger partial charge in [0, 0.05) is 25.7 Å². The largest absolute Gasteiger partial charge is 0.351 e. The first-order chi connectivity index (χ1) is 13.0. The third-order valence-corrected chi connectivity index (χ3v) is 5.49. The first-order valence-electron chi connectivity index (χ1n) is 9.64. The van der Waals surface area contributed by atoms with E-state index in [1.807, 2.05) is 43.0 Å². The van der Waals surface area contributed by atoms with Crippen molar-refractivity contribution in [3.8, 4) is 0 Å². The van der Waals surface area contributed by atoms with Gasteiger partial charge in [-0.05, 0) is 61.9 Å². The summed E-state index contributed by atoms with van der Waals surface area (Å²) in [7, 11) is 0. The van der Waals surface area contributed by atoms with E-state index in [1.54, 1.807) is 0 Å². The standard InChI is InChI=1S/C21H25FN4O/c1-14-3-8-20(24-23-14)25-9-10-26(15(2)13-25)21(27)12-16-4-7-18(17-5-6-17)19(22)11-16/h3-4,7-8,11,15,17H,5-6,9-10,12-13H2,1-2H3/t15-/m0/s1. The molecule has 27 heavy (non-hydrogen) atoms. The van der Waals surface area contributed by atoms with Gasteiger partial charge in [-0.15, -0.1) is 5.10 Å². The highest BCUT2D eigenvalue weighted by atomic mass is 19.1. The number of hydrogen-bond acceptors (Lipinski definition) is 4. The van der Waals surface area contributed by atoms with Crippen LogP contribution in [0.5, 0.6) is 0 Å². The number of amides is 1. The fourth-order valence-electron chi connectivity index (χ4n) is 3.78. The molecule has 2 aliphatic rings. The third kappa shape index (κ3) is 3.94. The first-order valence-corrected chi connectivity index (χ1v) is 9.64. The molecule has 0 radical (unpaired) electrons. The second kappa shape index (κ2) is 7.25. The molecular formula is C21H25FN4O. The van der Waals surface area contributed by atoms with Crippen LogP contribution in [0.15, 0.2) is 30.3 Å². The summed E-state index contributed by atoms with van der Waals surface area (Å²) >= 11 is 0. The lowest BCUT2D eigenvalue weighted by atomic mass is 10.0. The number of nitrogens with zero attached hydrogens (tertiary/aromatic N) is 4. The van der Waals surface area contributed by atoms with Crippen LogP contribution in [0.4, 0.5) is 10.2 Å². The van der Waals surface area contributed by atoms with Gasteiger partial charge in [-0.3, -0.25) is 4.79 Å². The predicted molar refractivity (Wildman–Crippen MR) is 102 cm³/mol. The minimum atomic E-state index is -0.168. The summed E-state index contributed by atoms with van der Waals surface area (Å²) in [4.78, 5) is 16.8. The Morgan fingerprint density at radius 3 is 2.63 bits per heavy atom. The number of carbonyl (C=O) groups excluding carboxylic acids is 1. The minimum absolute atomic E-state index is 0.0516. The van der Waals surface area contributed by atoms with Crippen molar-refractivity contribution < 1.29 is 9.18 Å². The monoisotopic (exact) mass is 368 g/mol. The van der Waals surface area contributed by atoms with Crippen molar-refractivity contribution in [2.75, 3.05) is 24.5 Å². The van der Waals surface area contributed by atoms with Crippen LogP contribution in [0.3, 0.4) is 0 Å². The van der Waals surface area contributed by atoms with E-state index in [1.165, 1.54) is 6.07 Å². The highest BCUT2D eigenvalue weighted by Crippen LogP contribution is 2.41. The molecule has 6 heteroatoms. The Morgan fingerprint density at radius 1 is 1.19 bits per heavy atom. The number of rotatable bonds is 4. The molecule has 0 spiro atoms. The van der Waals surface area contributed by atoms with Gasteiger partial charge in [-0.1, -0.05) is 12.1 Å². The molecular weight excluding hydrogens is 343 g/mol. The number of carbonyl (C=O) groups is 1. The lowest BCUT2D eigenvalue weighted by Crippen LogP contribution is -2.54. The van der Waals surface area contributed by atoms with Gasteiger partial charge >= 0.3 is 0 Å². The summed E-state index contributed by atoms with van der Waals surface area (Å²) < 4.78 is 14.2. The number of aromatic nitrogens is 2. The second-order valence-corrected chi connectivity index (χ2v) is 7.72. The van der Waals surface area contributed by atoms with Crippen molar-refractivity contribution in [2.45, 2.75) is 45.1 Å². The number of benzene rings is 1. The maximum atomic E-state index is 14.2. The fourth-order valence-corrected chi connectivity index (χ4v) is 3.78. The molecule has 1 amide bonds. The summed E-state index contributed by atoms with van der Waals surface area (Å²) in [6.45, 7) is 6.04. The highest BCUT2D eigenvalue weighted by molar-refractivity contribution is 5.79. The topological polar surface area (TPSA) is 49.3 Å². The number of hydrogen-bond donors (Lipinski definition) is 0. The van der Waals surface area contributed by atoms with E-state index in [-0.39, 0.29) is 24.2 Å². The summed E-state index contributed by atoms with van der Waals surface area (Å²) in [5.74, 6) is 1.11. The average Bonchev–Trinajstić information content (AvgIpc) is 3.47. The van der Waals surface area contributed by atoms with E-state index >= 15 is 0 Å². The van der Waals surface area contributed by atoms with Gasteiger partial charge in [-0.2, -0.15) is 5.10 Å². The Kier molecular flexibility index (Phi) is 4.81. The summed E-state index contributed by atoms with van der Waals surface area (Å²) in [6, 6.07) is 9.28. The normalized spacial score (nSPS) is 20.0. The van der Waals surface area contributed by atoms with Gasteiger partial charge in [0.15, 0.2) is 5.82 Å². The van der Waals surface area contributed by atoms with Gasteiger partial charge in [0.2, 0.25) is 5.91 Å². The maximum Gasteiger partial charge on any atom is 0.227 e. The molecule has 2 fully saturated rings. The Labute approximate surface area is 159 Å². The van der Waals surface area contributed by atoms with Crippen molar-refractivity contribution in [2.24, 2.45) is 0 Å². The SMILES string of the molecule is Cc1ccc(N2CCN(C(=O)Cc3ccc(C4CC4)c(F)c3)[C@@H](C)C2)nn1. The van der Waals surface area contributed by atoms with Crippen LogP contribution in [0.1, 0.15) is 42.5 Å². The number of halogens is 1. The summed E-state index contributed by atoms with van der Waals surface area (Å²) in [5.41, 5.74) is 2.44. The van der Waals surface area contributed by atoms with Gasteiger partial charge in [0.1, 0.15) is 5.82 Å². The van der Waals surface area contributed by atoms with Crippen LogP contribution in [0.2, 0.25) is 0 Å². The molecule has 1 aromatic carbocycles. The van der Waals surface area contributed by atoms with Crippen molar-refractivity contribution in [1.29, 1.82) is 0 Å². The predicted octanol–water partition coefficient (Wildman–Crippen LogP) is 3.08. The van der Waals surface area contributed by atoms with Crippen LogP contribution in [0, 0.1) is 12.7 Å². The molecule has 2 aromatic rings. The van der Waals surface area contributed by atoms with Crippen molar-refractivity contribution >= 4 is 11.7 Å². The summed E-state index contributed by atoms with van der Waals surface area (Å²) in [5, 5.41) is 8.36. The molecule has 4 rings (SSSR count). The van der Waals surface area contributed by atoms with E-state index in [0.29, 0.717) is 12.5 Å². The Morgan fingerprint density at radius 2 is 2.00 bits per heavy atom. The number of anilines is 1. The molecule has 0 unspecified atom stereocenters. The first kappa shape index (κ1) is 17.9. The quantitative estimate of drug-likeness (QED) is 0.832. The number of piperazine rings is 1. The molecule has 1 saturated carbocycles. The third-order valence-electron chi connectivity index (χ3n) is 5.49. The molecule has 1 aliphatic carbocycles. The Hall–Kier alpha value is -2.50. The van der Waals surface area contributed by atoms with Crippen molar-refractivity contribution in [3.05, 3.63) is 53.0 Å². The van der Waals surface area contributed by atoms with E-state index in [4.69, 9.17) is 0 Å². The van der Waals surface area contributed by atoms with E-state index in [9.17, 15) is 9.18 Å². The zero-order valence-electron chi connectivity index (χ0n) is 15.9. The molecule has 1 saturated heterocycles. The van der Waals surface area contributed by atoms with Crippen LogP contribution < -0.4 is 4.90 Å². The van der Waals surface area contributed by atoms with Crippen LogP contribution >= 0.6 is 0 Å². The maximum absolute atomic E-state index is 14.2. The van der Waals surface area contributed by atoms with E-state index in [2.05, 4.69) is 15.1 Å². The zero-order valence-corrected chi connectivity index (χ0v) is 15.9. The van der Waals surface area contributed by atoms with Gasteiger partial charge in [0.25, 0.3) is 0 Å². The van der Waals surface area contributed by atoms with Crippen LogP contribution in [-0.4, -0.2) is 46.7 Å². The second-order valence-electron chi connectivity index (χ2n) is 7.72. The average molecular weight is 368 g/mol. The van der Waals surface area contributed by atoms with E-state index in [0.717, 1.165) is 48.6 Å². The van der Waals surface area contributed by atoms with Gasteiger partial charge in [0.05, 0.1) is 12.1 Å². The van der Waals surface area contributed by atoms with Crippen molar-refractivity contribution in [3.63, 3.8) is 0 Å². The molecule has 5 nitrogen and oxygen atoms in total. The molecule has 1 aliphatic heterocycles. The fraction of sp³-hybridized carbons (Fsp3) is 0.476.